The first-order chi connectivity index (χ1) is 12.6. The molecule has 0 aliphatic carbocycles. The van der Waals surface area contributed by atoms with Crippen molar-refractivity contribution in [3.05, 3.63) is 83.2 Å². The fourth-order valence-electron chi connectivity index (χ4n) is 2.71. The summed E-state index contributed by atoms with van der Waals surface area (Å²) in [5, 5.41) is 6.67. The molecule has 1 heterocycles. The van der Waals surface area contributed by atoms with E-state index >= 15 is 0 Å². The minimum absolute atomic E-state index is 0.270. The normalized spacial score (nSPS) is 10.8. The van der Waals surface area contributed by atoms with Crippen LogP contribution in [-0.2, 0) is 0 Å². The molecule has 0 saturated carbocycles. The fraction of sp³-hybridized carbons (Fsp3) is 0. The maximum atomic E-state index is 13.4. The van der Waals surface area contributed by atoms with Crippen molar-refractivity contribution in [2.75, 3.05) is 5.32 Å². The summed E-state index contributed by atoms with van der Waals surface area (Å²) in [7, 11) is 0. The van der Waals surface area contributed by atoms with Crippen LogP contribution in [0, 0.1) is 11.6 Å². The summed E-state index contributed by atoms with van der Waals surface area (Å²) in [6, 6.07) is 16.7. The summed E-state index contributed by atoms with van der Waals surface area (Å²) in [6.45, 7) is 0. The average Bonchev–Trinajstić information content (AvgIpc) is 3.12. The Morgan fingerprint density at radius 3 is 2.62 bits per heavy atom. The van der Waals surface area contributed by atoms with Gasteiger partial charge in [-0.15, -0.1) is 11.3 Å². The smallest absolute Gasteiger partial charge is 0.258 e. The second-order valence-corrected chi connectivity index (χ2v) is 6.51. The summed E-state index contributed by atoms with van der Waals surface area (Å²) < 4.78 is 26.4. The summed E-state index contributed by atoms with van der Waals surface area (Å²) in [6.07, 6.45) is 0. The number of halogens is 2. The van der Waals surface area contributed by atoms with Crippen LogP contribution in [0.15, 0.2) is 66.0 Å². The molecule has 0 fully saturated rings. The van der Waals surface area contributed by atoms with Gasteiger partial charge in [0, 0.05) is 16.5 Å². The largest absolute Gasteiger partial charge is 0.298 e. The molecule has 128 valence electrons. The van der Waals surface area contributed by atoms with E-state index in [4.69, 9.17) is 0 Å². The van der Waals surface area contributed by atoms with Gasteiger partial charge in [0.25, 0.3) is 5.91 Å². The highest BCUT2D eigenvalue weighted by molar-refractivity contribution is 7.14. The van der Waals surface area contributed by atoms with Crippen molar-refractivity contribution in [2.24, 2.45) is 0 Å². The van der Waals surface area contributed by atoms with Crippen LogP contribution in [0.4, 0.5) is 13.9 Å². The molecule has 3 nitrogen and oxygen atoms in total. The predicted octanol–water partition coefficient (Wildman–Crippen LogP) is 5.49. The topological polar surface area (TPSA) is 42.0 Å². The fourth-order valence-corrected chi connectivity index (χ4v) is 3.42. The molecule has 4 rings (SSSR count). The highest BCUT2D eigenvalue weighted by atomic mass is 32.1. The van der Waals surface area contributed by atoms with Crippen molar-refractivity contribution in [2.45, 2.75) is 0 Å². The number of benzene rings is 3. The van der Waals surface area contributed by atoms with Crippen molar-refractivity contribution in [3.8, 4) is 11.3 Å². The van der Waals surface area contributed by atoms with Gasteiger partial charge >= 0.3 is 0 Å². The van der Waals surface area contributed by atoms with Crippen LogP contribution >= 0.6 is 11.3 Å². The van der Waals surface area contributed by atoms with Gasteiger partial charge in [0.2, 0.25) is 0 Å². The Morgan fingerprint density at radius 1 is 0.962 bits per heavy atom. The molecule has 0 aliphatic heterocycles. The number of nitrogens with zero attached hydrogens (tertiary/aromatic N) is 1. The van der Waals surface area contributed by atoms with Gasteiger partial charge in [-0.25, -0.2) is 13.8 Å². The quantitative estimate of drug-likeness (QED) is 0.521. The minimum atomic E-state index is -0.933. The second kappa shape index (κ2) is 6.65. The number of fused-ring (bicyclic) bond motifs is 1. The van der Waals surface area contributed by atoms with Gasteiger partial charge in [-0.3, -0.25) is 10.1 Å². The zero-order chi connectivity index (χ0) is 18.1. The van der Waals surface area contributed by atoms with E-state index in [1.54, 1.807) is 11.4 Å². The first-order valence-corrected chi connectivity index (χ1v) is 8.70. The first kappa shape index (κ1) is 16.4. The minimum Gasteiger partial charge on any atom is -0.298 e. The molecule has 0 saturated heterocycles. The SMILES string of the molecule is O=C(Nc1nc(-c2ccc(F)c(F)c2)cs1)c1cccc2ccccc12. The Morgan fingerprint density at radius 2 is 1.77 bits per heavy atom. The van der Waals surface area contributed by atoms with Crippen LogP contribution in [0.3, 0.4) is 0 Å². The van der Waals surface area contributed by atoms with E-state index in [-0.39, 0.29) is 5.91 Å². The molecular weight excluding hydrogens is 354 g/mol. The Hall–Kier alpha value is -3.12. The molecule has 4 aromatic rings. The first-order valence-electron chi connectivity index (χ1n) is 7.82. The van der Waals surface area contributed by atoms with Crippen LogP contribution in [-0.4, -0.2) is 10.9 Å². The van der Waals surface area contributed by atoms with Gasteiger partial charge in [-0.2, -0.15) is 0 Å². The van der Waals surface area contributed by atoms with Gasteiger partial charge in [-0.05, 0) is 35.0 Å². The second-order valence-electron chi connectivity index (χ2n) is 5.65. The van der Waals surface area contributed by atoms with Crippen molar-refractivity contribution in [1.82, 2.24) is 4.98 Å². The molecule has 1 aromatic heterocycles. The highest BCUT2D eigenvalue weighted by Crippen LogP contribution is 2.27. The monoisotopic (exact) mass is 366 g/mol. The van der Waals surface area contributed by atoms with Crippen molar-refractivity contribution in [3.63, 3.8) is 0 Å². The molecule has 0 bridgehead atoms. The van der Waals surface area contributed by atoms with Crippen LogP contribution in [0.5, 0.6) is 0 Å². The number of nitrogens with one attached hydrogen (secondary N) is 1. The molecular formula is C20H12F2N2OS. The average molecular weight is 366 g/mol. The molecule has 0 atom stereocenters. The lowest BCUT2D eigenvalue weighted by atomic mass is 10.0. The molecule has 1 N–H and O–H groups in total. The number of amides is 1. The third-order valence-electron chi connectivity index (χ3n) is 3.97. The number of hydrogen-bond donors (Lipinski definition) is 1. The number of hydrogen-bond acceptors (Lipinski definition) is 3. The number of aromatic nitrogens is 1. The van der Waals surface area contributed by atoms with Crippen molar-refractivity contribution >= 4 is 33.1 Å². The van der Waals surface area contributed by atoms with Crippen molar-refractivity contribution < 1.29 is 13.6 Å². The number of carbonyl (C=O) groups is 1. The van der Waals surface area contributed by atoms with E-state index in [0.29, 0.717) is 22.0 Å². The van der Waals surface area contributed by atoms with Gasteiger partial charge in [0.05, 0.1) is 5.69 Å². The maximum Gasteiger partial charge on any atom is 0.258 e. The van der Waals surface area contributed by atoms with Gasteiger partial charge in [0.1, 0.15) is 0 Å². The summed E-state index contributed by atoms with van der Waals surface area (Å²) in [5.74, 6) is -2.11. The molecule has 1 amide bonds. The molecule has 26 heavy (non-hydrogen) atoms. The molecule has 0 unspecified atom stereocenters. The maximum absolute atomic E-state index is 13.4. The zero-order valence-corrected chi connectivity index (χ0v) is 14.2. The van der Waals surface area contributed by atoms with Crippen LogP contribution < -0.4 is 5.32 Å². The molecule has 6 heteroatoms. The summed E-state index contributed by atoms with van der Waals surface area (Å²) >= 11 is 1.22. The van der Waals surface area contributed by atoms with Gasteiger partial charge < -0.3 is 0 Å². The van der Waals surface area contributed by atoms with Crippen LogP contribution in [0.1, 0.15) is 10.4 Å². The van der Waals surface area contributed by atoms with Crippen molar-refractivity contribution in [1.29, 1.82) is 0 Å². The number of thiazole rings is 1. The van der Waals surface area contributed by atoms with E-state index < -0.39 is 11.6 Å². The lowest BCUT2D eigenvalue weighted by Crippen LogP contribution is -2.12. The summed E-state index contributed by atoms with van der Waals surface area (Å²) in [4.78, 5) is 16.9. The van der Waals surface area contributed by atoms with E-state index in [9.17, 15) is 13.6 Å². The lowest BCUT2D eigenvalue weighted by Gasteiger charge is -2.06. The lowest BCUT2D eigenvalue weighted by molar-refractivity contribution is 0.102. The number of carbonyl (C=O) groups excluding carboxylic acids is 1. The Kier molecular flexibility index (Phi) is 4.18. The Balaban J connectivity index is 1.60. The Labute approximate surface area is 151 Å². The number of rotatable bonds is 3. The standard InChI is InChI=1S/C20H12F2N2OS/c21-16-9-8-13(10-17(16)22)18-11-26-20(23-18)24-19(25)15-7-3-5-12-4-1-2-6-14(12)15/h1-11H,(H,23,24,25). The van der Waals surface area contributed by atoms with E-state index in [1.165, 1.54) is 17.4 Å². The van der Waals surface area contributed by atoms with E-state index in [1.807, 2.05) is 36.4 Å². The molecule has 0 aliphatic rings. The highest BCUT2D eigenvalue weighted by Gasteiger charge is 2.13. The van der Waals surface area contributed by atoms with E-state index in [2.05, 4.69) is 10.3 Å². The molecule has 0 radical (unpaired) electrons. The third kappa shape index (κ3) is 3.07. The van der Waals surface area contributed by atoms with Gasteiger partial charge in [-0.1, -0.05) is 36.4 Å². The van der Waals surface area contributed by atoms with Crippen LogP contribution in [0.2, 0.25) is 0 Å². The Bertz CT molecular complexity index is 1120. The molecule has 0 spiro atoms. The number of anilines is 1. The van der Waals surface area contributed by atoms with Crippen LogP contribution in [0.25, 0.3) is 22.0 Å². The summed E-state index contributed by atoms with van der Waals surface area (Å²) in [5.41, 5.74) is 1.47. The molecule has 3 aromatic carbocycles. The third-order valence-corrected chi connectivity index (χ3v) is 4.73. The zero-order valence-electron chi connectivity index (χ0n) is 13.4. The predicted molar refractivity (Wildman–Crippen MR) is 99.4 cm³/mol. The van der Waals surface area contributed by atoms with Gasteiger partial charge in [0.15, 0.2) is 16.8 Å². The van der Waals surface area contributed by atoms with E-state index in [0.717, 1.165) is 22.9 Å².